The molecule has 2 heterocycles. The van der Waals surface area contributed by atoms with Crippen LogP contribution >= 0.6 is 11.7 Å². The molecular weight excluding hydrogens is 400 g/mol. The van der Waals surface area contributed by atoms with Gasteiger partial charge in [0.1, 0.15) is 15.9 Å². The average Bonchev–Trinajstić information content (AvgIpc) is 3.17. The van der Waals surface area contributed by atoms with Gasteiger partial charge >= 0.3 is 0 Å². The molecule has 1 fully saturated rings. The summed E-state index contributed by atoms with van der Waals surface area (Å²) in [5.41, 5.74) is 0.756. The predicted octanol–water partition coefficient (Wildman–Crippen LogP) is 0.00520. The van der Waals surface area contributed by atoms with Crippen LogP contribution in [-0.2, 0) is 24.7 Å². The molecule has 1 amide bonds. The molecule has 1 aromatic heterocycles. The number of likely N-dealkylation sites (N-methyl/N-ethyl adjacent to an activating group) is 1. The van der Waals surface area contributed by atoms with Gasteiger partial charge in [0.15, 0.2) is 9.84 Å². The largest absolute Gasteiger partial charge is 0.351 e. The first kappa shape index (κ1) is 19.1. The van der Waals surface area contributed by atoms with Gasteiger partial charge in [-0.25, -0.2) is 16.8 Å². The molecule has 1 atom stereocenters. The minimum absolute atomic E-state index is 0.00171. The average molecular weight is 419 g/mol. The Morgan fingerprint density at radius 3 is 2.81 bits per heavy atom. The van der Waals surface area contributed by atoms with E-state index in [9.17, 15) is 21.6 Å². The third-order valence-corrected chi connectivity index (χ3v) is 8.40. The van der Waals surface area contributed by atoms with E-state index in [1.54, 1.807) is 19.1 Å². The number of sulfonamides is 1. The molecule has 3 rings (SSSR count). The number of carbonyl (C=O) groups excluding carboxylic acids is 1. The van der Waals surface area contributed by atoms with Crippen molar-refractivity contribution in [3.8, 4) is 0 Å². The summed E-state index contributed by atoms with van der Waals surface area (Å²) in [6, 6.07) is 4.21. The Morgan fingerprint density at radius 2 is 2.15 bits per heavy atom. The number of amides is 1. The third-order valence-electron chi connectivity index (χ3n) is 4.14. The number of aromatic nitrogens is 2. The van der Waals surface area contributed by atoms with Crippen molar-refractivity contribution in [2.45, 2.75) is 24.3 Å². The molecule has 1 aromatic carbocycles. The number of hydrogen-bond acceptors (Lipinski definition) is 8. The van der Waals surface area contributed by atoms with Crippen LogP contribution < -0.4 is 5.32 Å². The Morgan fingerprint density at radius 1 is 1.38 bits per heavy atom. The van der Waals surface area contributed by atoms with E-state index in [4.69, 9.17) is 0 Å². The second kappa shape index (κ2) is 7.18. The van der Waals surface area contributed by atoms with E-state index in [0.29, 0.717) is 11.9 Å². The monoisotopic (exact) mass is 418 g/mol. The standard InChI is InChI=1S/C14H18N4O5S3/c1-2-18(8-13(19)15-10-6-7-25(20,21)9-10)26(22,23)12-5-3-4-11-14(12)17-24-16-11/h3-5,10H,2,6-9H2,1H3,(H,15,19). The molecule has 1 saturated heterocycles. The Hall–Kier alpha value is -1.63. The normalized spacial score (nSPS) is 19.8. The lowest BCUT2D eigenvalue weighted by molar-refractivity contribution is -0.121. The van der Waals surface area contributed by atoms with Crippen molar-refractivity contribution in [2.75, 3.05) is 24.6 Å². The second-order valence-corrected chi connectivity index (χ2v) is 10.7. The quantitative estimate of drug-likeness (QED) is 0.700. The zero-order valence-corrected chi connectivity index (χ0v) is 16.4. The molecule has 2 aromatic rings. The lowest BCUT2D eigenvalue weighted by atomic mass is 10.2. The highest BCUT2D eigenvalue weighted by atomic mass is 32.2. The number of carbonyl (C=O) groups is 1. The van der Waals surface area contributed by atoms with Gasteiger partial charge in [-0.05, 0) is 18.6 Å². The van der Waals surface area contributed by atoms with Gasteiger partial charge in [0.2, 0.25) is 15.9 Å². The van der Waals surface area contributed by atoms with Gasteiger partial charge in [0.05, 0.1) is 29.8 Å². The lowest BCUT2D eigenvalue weighted by Crippen LogP contribution is -2.44. The fourth-order valence-electron chi connectivity index (χ4n) is 2.84. The van der Waals surface area contributed by atoms with Crippen LogP contribution in [0.1, 0.15) is 13.3 Å². The van der Waals surface area contributed by atoms with Gasteiger partial charge in [-0.2, -0.15) is 13.1 Å². The summed E-state index contributed by atoms with van der Waals surface area (Å²) < 4.78 is 57.9. The van der Waals surface area contributed by atoms with Crippen LogP contribution in [0.25, 0.3) is 11.0 Å². The molecule has 0 spiro atoms. The summed E-state index contributed by atoms with van der Waals surface area (Å²) >= 11 is 0.918. The summed E-state index contributed by atoms with van der Waals surface area (Å²) in [5.74, 6) is -0.602. The van der Waals surface area contributed by atoms with Crippen molar-refractivity contribution in [2.24, 2.45) is 0 Å². The zero-order chi connectivity index (χ0) is 18.9. The number of benzene rings is 1. The first-order chi connectivity index (χ1) is 12.2. The van der Waals surface area contributed by atoms with Crippen molar-refractivity contribution in [3.63, 3.8) is 0 Å². The van der Waals surface area contributed by atoms with E-state index in [1.807, 2.05) is 0 Å². The molecule has 142 valence electrons. The van der Waals surface area contributed by atoms with Crippen molar-refractivity contribution in [3.05, 3.63) is 18.2 Å². The summed E-state index contributed by atoms with van der Waals surface area (Å²) in [5, 5.41) is 2.60. The third kappa shape index (κ3) is 3.87. The topological polar surface area (TPSA) is 126 Å². The van der Waals surface area contributed by atoms with Crippen molar-refractivity contribution in [1.29, 1.82) is 0 Å². The number of fused-ring (bicyclic) bond motifs is 1. The van der Waals surface area contributed by atoms with E-state index in [-0.39, 0.29) is 35.0 Å². The zero-order valence-electron chi connectivity index (χ0n) is 14.0. The fraction of sp³-hybridized carbons (Fsp3) is 0.500. The molecule has 1 aliphatic heterocycles. The molecule has 26 heavy (non-hydrogen) atoms. The van der Waals surface area contributed by atoms with Gasteiger partial charge in [-0.1, -0.05) is 13.0 Å². The predicted molar refractivity (Wildman–Crippen MR) is 97.0 cm³/mol. The highest BCUT2D eigenvalue weighted by Crippen LogP contribution is 2.24. The summed E-state index contributed by atoms with van der Waals surface area (Å²) in [6.07, 6.45) is 0.344. The van der Waals surface area contributed by atoms with Crippen molar-refractivity contribution < 1.29 is 21.6 Å². The smallest absolute Gasteiger partial charge is 0.245 e. The Kier molecular flexibility index (Phi) is 5.28. The van der Waals surface area contributed by atoms with Crippen LogP contribution in [0.4, 0.5) is 0 Å². The lowest BCUT2D eigenvalue weighted by Gasteiger charge is -2.21. The highest BCUT2D eigenvalue weighted by molar-refractivity contribution is 7.91. The number of sulfone groups is 1. The Bertz CT molecular complexity index is 1030. The highest BCUT2D eigenvalue weighted by Gasteiger charge is 2.31. The van der Waals surface area contributed by atoms with Gasteiger partial charge in [-0.15, -0.1) is 0 Å². The molecule has 0 bridgehead atoms. The minimum Gasteiger partial charge on any atom is -0.351 e. The van der Waals surface area contributed by atoms with Crippen LogP contribution in [-0.4, -0.2) is 66.4 Å². The number of nitrogens with zero attached hydrogens (tertiary/aromatic N) is 3. The summed E-state index contributed by atoms with van der Waals surface area (Å²) in [6.45, 7) is 1.33. The maximum atomic E-state index is 12.9. The Balaban J connectivity index is 1.77. The van der Waals surface area contributed by atoms with Crippen LogP contribution in [0.5, 0.6) is 0 Å². The van der Waals surface area contributed by atoms with Gasteiger partial charge in [-0.3, -0.25) is 4.79 Å². The fourth-order valence-corrected chi connectivity index (χ4v) is 6.67. The molecule has 1 unspecified atom stereocenters. The number of hydrogen-bond donors (Lipinski definition) is 1. The van der Waals surface area contributed by atoms with Gasteiger partial charge in [0, 0.05) is 12.6 Å². The maximum Gasteiger partial charge on any atom is 0.245 e. The Labute approximate surface area is 155 Å². The SMILES string of the molecule is CCN(CC(=O)NC1CCS(=O)(=O)C1)S(=O)(=O)c1cccc2nsnc12. The van der Waals surface area contributed by atoms with Crippen molar-refractivity contribution in [1.82, 2.24) is 18.4 Å². The molecule has 0 saturated carbocycles. The summed E-state index contributed by atoms with van der Waals surface area (Å²) in [7, 11) is -7.07. The molecule has 9 nitrogen and oxygen atoms in total. The van der Waals surface area contributed by atoms with Crippen LogP contribution in [0.2, 0.25) is 0 Å². The van der Waals surface area contributed by atoms with E-state index >= 15 is 0 Å². The molecule has 0 radical (unpaired) electrons. The minimum atomic E-state index is -3.94. The molecule has 0 aliphatic carbocycles. The van der Waals surface area contributed by atoms with Crippen LogP contribution in [0, 0.1) is 0 Å². The van der Waals surface area contributed by atoms with E-state index in [0.717, 1.165) is 16.0 Å². The van der Waals surface area contributed by atoms with E-state index in [1.165, 1.54) is 6.07 Å². The van der Waals surface area contributed by atoms with Crippen molar-refractivity contribution >= 4 is 48.5 Å². The first-order valence-electron chi connectivity index (χ1n) is 7.94. The number of nitrogens with one attached hydrogen (secondary N) is 1. The van der Waals surface area contributed by atoms with E-state index in [2.05, 4.69) is 14.1 Å². The molecule has 1 aliphatic rings. The molecule has 1 N–H and O–H groups in total. The first-order valence-corrected chi connectivity index (χ1v) is 11.9. The van der Waals surface area contributed by atoms with Gasteiger partial charge < -0.3 is 5.32 Å². The van der Waals surface area contributed by atoms with Crippen LogP contribution in [0.15, 0.2) is 23.1 Å². The summed E-state index contributed by atoms with van der Waals surface area (Å²) in [4.78, 5) is 12.2. The molecule has 12 heteroatoms. The van der Waals surface area contributed by atoms with Crippen LogP contribution in [0.3, 0.4) is 0 Å². The number of rotatable bonds is 6. The second-order valence-electron chi connectivity index (χ2n) is 5.99. The van der Waals surface area contributed by atoms with E-state index < -0.39 is 31.8 Å². The molecular formula is C14H18N4O5S3. The van der Waals surface area contributed by atoms with Gasteiger partial charge in [0.25, 0.3) is 0 Å². The maximum absolute atomic E-state index is 12.9.